The normalized spacial score (nSPS) is 18.2. The van der Waals surface area contributed by atoms with E-state index >= 15 is 0 Å². The number of amides is 1. The first kappa shape index (κ1) is 14.4. The second kappa shape index (κ2) is 6.97. The Hall–Kier alpha value is -2.51. The molecular formula is C14H19N7O. The molecule has 2 aromatic heterocycles. The summed E-state index contributed by atoms with van der Waals surface area (Å²) in [5, 5.41) is 7.07. The van der Waals surface area contributed by atoms with Crippen molar-refractivity contribution in [1.82, 2.24) is 30.0 Å². The summed E-state index contributed by atoms with van der Waals surface area (Å²) in [6.07, 6.45) is 8.97. The van der Waals surface area contributed by atoms with Crippen LogP contribution in [0.5, 0.6) is 0 Å². The second-order valence-corrected chi connectivity index (χ2v) is 5.31. The second-order valence-electron chi connectivity index (χ2n) is 5.31. The molecule has 8 nitrogen and oxygen atoms in total. The highest BCUT2D eigenvalue weighted by Crippen LogP contribution is 2.15. The van der Waals surface area contributed by atoms with E-state index in [-0.39, 0.29) is 11.9 Å². The first-order valence-corrected chi connectivity index (χ1v) is 7.45. The van der Waals surface area contributed by atoms with E-state index in [4.69, 9.17) is 0 Å². The Bertz CT molecular complexity index is 587. The molecule has 1 aliphatic heterocycles. The van der Waals surface area contributed by atoms with E-state index in [9.17, 15) is 4.79 Å². The Morgan fingerprint density at radius 3 is 3.00 bits per heavy atom. The third-order valence-corrected chi connectivity index (χ3v) is 3.66. The molecule has 0 saturated carbocycles. The van der Waals surface area contributed by atoms with Crippen LogP contribution in [0.1, 0.15) is 19.3 Å². The number of piperidine rings is 1. The monoisotopic (exact) mass is 301 g/mol. The van der Waals surface area contributed by atoms with E-state index in [0.717, 1.165) is 31.9 Å². The van der Waals surface area contributed by atoms with Crippen LogP contribution in [-0.2, 0) is 11.3 Å². The molecule has 1 saturated heterocycles. The summed E-state index contributed by atoms with van der Waals surface area (Å²) in [5.74, 6) is 0.764. The molecule has 0 aromatic carbocycles. The molecule has 22 heavy (non-hydrogen) atoms. The Morgan fingerprint density at radius 2 is 2.23 bits per heavy atom. The summed E-state index contributed by atoms with van der Waals surface area (Å²) in [4.78, 5) is 26.5. The van der Waals surface area contributed by atoms with Gasteiger partial charge in [0.1, 0.15) is 12.7 Å². The van der Waals surface area contributed by atoms with Gasteiger partial charge in [0.05, 0.1) is 6.54 Å². The van der Waals surface area contributed by atoms with Crippen molar-refractivity contribution in [3.63, 3.8) is 0 Å². The van der Waals surface area contributed by atoms with Gasteiger partial charge in [-0.05, 0) is 18.9 Å². The molecule has 116 valence electrons. The van der Waals surface area contributed by atoms with Gasteiger partial charge in [0.25, 0.3) is 0 Å². The lowest BCUT2D eigenvalue weighted by molar-refractivity contribution is -0.122. The predicted molar refractivity (Wildman–Crippen MR) is 80.0 cm³/mol. The zero-order valence-electron chi connectivity index (χ0n) is 12.3. The van der Waals surface area contributed by atoms with Gasteiger partial charge in [-0.25, -0.2) is 15.0 Å². The lowest BCUT2D eigenvalue weighted by Crippen LogP contribution is -2.48. The molecule has 0 bridgehead atoms. The Labute approximate surface area is 128 Å². The van der Waals surface area contributed by atoms with Crippen LogP contribution in [-0.4, -0.2) is 49.8 Å². The minimum absolute atomic E-state index is 0.0383. The minimum atomic E-state index is 0.0383. The SMILES string of the molecule is O=C(CCn1cncn1)N[C@@H]1CCCN(c2ncccn2)C1. The number of nitrogens with zero attached hydrogens (tertiary/aromatic N) is 6. The lowest BCUT2D eigenvalue weighted by atomic mass is 10.1. The third-order valence-electron chi connectivity index (χ3n) is 3.66. The van der Waals surface area contributed by atoms with Gasteiger partial charge in [-0.1, -0.05) is 0 Å². The lowest BCUT2D eigenvalue weighted by Gasteiger charge is -2.33. The number of nitrogens with one attached hydrogen (secondary N) is 1. The summed E-state index contributed by atoms with van der Waals surface area (Å²) >= 11 is 0. The Balaban J connectivity index is 1.48. The smallest absolute Gasteiger partial charge is 0.225 e. The van der Waals surface area contributed by atoms with E-state index in [2.05, 4.69) is 30.3 Å². The molecule has 0 aliphatic carbocycles. The van der Waals surface area contributed by atoms with Gasteiger partial charge in [-0.2, -0.15) is 5.10 Å². The number of hydrogen-bond acceptors (Lipinski definition) is 6. The number of anilines is 1. The van der Waals surface area contributed by atoms with Crippen molar-refractivity contribution in [2.75, 3.05) is 18.0 Å². The fourth-order valence-corrected chi connectivity index (χ4v) is 2.60. The zero-order valence-corrected chi connectivity index (χ0v) is 12.3. The quantitative estimate of drug-likeness (QED) is 0.851. The molecular weight excluding hydrogens is 282 g/mol. The molecule has 1 atom stereocenters. The molecule has 1 aliphatic rings. The number of hydrogen-bond donors (Lipinski definition) is 1. The molecule has 0 spiro atoms. The molecule has 3 rings (SSSR count). The van der Waals surface area contributed by atoms with Crippen molar-refractivity contribution in [2.24, 2.45) is 0 Å². The molecule has 1 amide bonds. The van der Waals surface area contributed by atoms with Crippen molar-refractivity contribution < 1.29 is 4.79 Å². The van der Waals surface area contributed by atoms with Crippen LogP contribution in [0.4, 0.5) is 5.95 Å². The van der Waals surface area contributed by atoms with Crippen LogP contribution in [0.25, 0.3) is 0 Å². The summed E-state index contributed by atoms with van der Waals surface area (Å²) in [7, 11) is 0. The largest absolute Gasteiger partial charge is 0.352 e. The van der Waals surface area contributed by atoms with Crippen molar-refractivity contribution >= 4 is 11.9 Å². The molecule has 0 radical (unpaired) electrons. The van der Waals surface area contributed by atoms with E-state index in [1.165, 1.54) is 6.33 Å². The molecule has 2 aromatic rings. The van der Waals surface area contributed by atoms with Crippen LogP contribution in [0.2, 0.25) is 0 Å². The van der Waals surface area contributed by atoms with Crippen LogP contribution < -0.4 is 10.2 Å². The predicted octanol–water partition coefficient (Wildman–Crippen LogP) is 0.243. The van der Waals surface area contributed by atoms with Gasteiger partial charge >= 0.3 is 0 Å². The summed E-state index contributed by atoms with van der Waals surface area (Å²) in [6.45, 7) is 2.22. The van der Waals surface area contributed by atoms with Crippen LogP contribution in [0.15, 0.2) is 31.1 Å². The molecule has 1 fully saturated rings. The maximum Gasteiger partial charge on any atom is 0.225 e. The van der Waals surface area contributed by atoms with E-state index < -0.39 is 0 Å². The summed E-state index contributed by atoms with van der Waals surface area (Å²) < 4.78 is 1.66. The van der Waals surface area contributed by atoms with Gasteiger partial charge in [-0.3, -0.25) is 9.48 Å². The number of aromatic nitrogens is 5. The van der Waals surface area contributed by atoms with Gasteiger partial charge in [0, 0.05) is 37.9 Å². The topological polar surface area (TPSA) is 88.8 Å². The van der Waals surface area contributed by atoms with Crippen LogP contribution >= 0.6 is 0 Å². The molecule has 3 heterocycles. The van der Waals surface area contributed by atoms with Gasteiger partial charge in [-0.15, -0.1) is 0 Å². The summed E-state index contributed by atoms with van der Waals surface area (Å²) in [5.41, 5.74) is 0. The van der Waals surface area contributed by atoms with Crippen molar-refractivity contribution in [2.45, 2.75) is 31.8 Å². The Morgan fingerprint density at radius 1 is 1.36 bits per heavy atom. The van der Waals surface area contributed by atoms with Gasteiger partial charge < -0.3 is 10.2 Å². The van der Waals surface area contributed by atoms with E-state index in [0.29, 0.717) is 13.0 Å². The highest BCUT2D eigenvalue weighted by molar-refractivity contribution is 5.76. The fourth-order valence-electron chi connectivity index (χ4n) is 2.60. The number of aryl methyl sites for hydroxylation is 1. The van der Waals surface area contributed by atoms with Crippen molar-refractivity contribution in [1.29, 1.82) is 0 Å². The van der Waals surface area contributed by atoms with Crippen molar-refractivity contribution in [3.8, 4) is 0 Å². The fraction of sp³-hybridized carbons (Fsp3) is 0.500. The minimum Gasteiger partial charge on any atom is -0.352 e. The van der Waals surface area contributed by atoms with Gasteiger partial charge in [0.2, 0.25) is 11.9 Å². The first-order chi connectivity index (χ1) is 10.8. The highest BCUT2D eigenvalue weighted by atomic mass is 16.1. The van der Waals surface area contributed by atoms with E-state index in [1.807, 2.05) is 0 Å². The molecule has 8 heteroatoms. The zero-order chi connectivity index (χ0) is 15.2. The van der Waals surface area contributed by atoms with Crippen LogP contribution in [0, 0.1) is 0 Å². The first-order valence-electron chi connectivity index (χ1n) is 7.45. The third kappa shape index (κ3) is 3.78. The molecule has 1 N–H and O–H groups in total. The van der Waals surface area contributed by atoms with E-state index in [1.54, 1.807) is 29.5 Å². The maximum absolute atomic E-state index is 12.0. The number of rotatable bonds is 5. The average Bonchev–Trinajstić information content (AvgIpc) is 3.08. The molecule has 0 unspecified atom stereocenters. The highest BCUT2D eigenvalue weighted by Gasteiger charge is 2.22. The average molecular weight is 301 g/mol. The standard InChI is InChI=1S/C14H19N7O/c22-13(4-8-21-11-15-10-18-21)19-12-3-1-7-20(9-12)14-16-5-2-6-17-14/h2,5-6,10-12H,1,3-4,7-9H2,(H,19,22)/t12-/m1/s1. The summed E-state index contributed by atoms with van der Waals surface area (Å²) in [6, 6.07) is 1.94. The maximum atomic E-state index is 12.0. The number of carbonyl (C=O) groups excluding carboxylic acids is 1. The Kier molecular flexibility index (Phi) is 4.57. The van der Waals surface area contributed by atoms with Crippen molar-refractivity contribution in [3.05, 3.63) is 31.1 Å². The van der Waals surface area contributed by atoms with Crippen LogP contribution in [0.3, 0.4) is 0 Å². The van der Waals surface area contributed by atoms with Gasteiger partial charge in [0.15, 0.2) is 0 Å². The number of carbonyl (C=O) groups is 1.